The fraction of sp³-hybridized carbons (Fsp3) is 0.464. The summed E-state index contributed by atoms with van der Waals surface area (Å²) in [4.78, 5) is 17.3. The number of carbonyl (C=O) groups is 1. The molecule has 0 saturated heterocycles. The van der Waals surface area contributed by atoms with Gasteiger partial charge in [-0.15, -0.1) is 0 Å². The number of nitrogens with one attached hydrogen (secondary N) is 1. The number of hydrogen-bond acceptors (Lipinski definition) is 3. The first-order valence-corrected chi connectivity index (χ1v) is 12.3. The summed E-state index contributed by atoms with van der Waals surface area (Å²) in [7, 11) is 0. The summed E-state index contributed by atoms with van der Waals surface area (Å²) in [6.45, 7) is 4.27. The molecule has 0 radical (unpaired) electrons. The predicted octanol–water partition coefficient (Wildman–Crippen LogP) is 6.74. The van der Waals surface area contributed by atoms with Crippen molar-refractivity contribution in [3.8, 4) is 11.1 Å². The van der Waals surface area contributed by atoms with Crippen molar-refractivity contribution in [1.29, 1.82) is 0 Å². The van der Waals surface area contributed by atoms with Gasteiger partial charge in [-0.2, -0.15) is 18.3 Å². The molecule has 2 heterocycles. The van der Waals surface area contributed by atoms with Crippen LogP contribution in [0.4, 0.5) is 13.2 Å². The van der Waals surface area contributed by atoms with E-state index in [1.54, 1.807) is 18.3 Å². The van der Waals surface area contributed by atoms with Crippen LogP contribution >= 0.6 is 0 Å². The normalized spacial score (nSPS) is 30.9. The van der Waals surface area contributed by atoms with Crippen molar-refractivity contribution in [2.24, 2.45) is 34.2 Å². The Morgan fingerprint density at radius 1 is 1.11 bits per heavy atom. The highest BCUT2D eigenvalue weighted by Gasteiger charge is 2.55. The fourth-order valence-corrected chi connectivity index (χ4v) is 6.77. The zero-order valence-corrected chi connectivity index (χ0v) is 20.0. The number of aromatic nitrogens is 1. The van der Waals surface area contributed by atoms with Crippen molar-refractivity contribution < 1.29 is 18.0 Å². The van der Waals surface area contributed by atoms with Crippen LogP contribution in [0.15, 0.2) is 53.8 Å². The quantitative estimate of drug-likeness (QED) is 0.528. The molecule has 0 unspecified atom stereocenters. The molecule has 4 nitrogen and oxygen atoms in total. The summed E-state index contributed by atoms with van der Waals surface area (Å²) >= 11 is 0. The van der Waals surface area contributed by atoms with Gasteiger partial charge in [0, 0.05) is 29.3 Å². The molecular formula is C28H30F3N3O. The van der Waals surface area contributed by atoms with Crippen LogP contribution in [-0.4, -0.2) is 16.6 Å². The molecular weight excluding hydrogens is 451 g/mol. The van der Waals surface area contributed by atoms with Gasteiger partial charge in [0.25, 0.3) is 0 Å². The third-order valence-electron chi connectivity index (χ3n) is 8.39. The summed E-state index contributed by atoms with van der Waals surface area (Å²) in [5, 5.41) is 4.34. The molecule has 3 aliphatic rings. The Kier molecular flexibility index (Phi) is 6.06. The molecule has 0 spiro atoms. The molecule has 5 rings (SSSR count). The van der Waals surface area contributed by atoms with Gasteiger partial charge in [0.05, 0.1) is 11.3 Å². The molecule has 1 aliphatic heterocycles. The maximum Gasteiger partial charge on any atom is 0.416 e. The fourth-order valence-electron chi connectivity index (χ4n) is 6.77. The van der Waals surface area contributed by atoms with Crippen LogP contribution in [0.3, 0.4) is 0 Å². The summed E-state index contributed by atoms with van der Waals surface area (Å²) in [5.41, 5.74) is 4.65. The topological polar surface area (TPSA) is 54.4 Å². The molecule has 1 N–H and O–H groups in total. The number of halogens is 3. The van der Waals surface area contributed by atoms with E-state index in [0.29, 0.717) is 23.0 Å². The Morgan fingerprint density at radius 2 is 1.91 bits per heavy atom. The van der Waals surface area contributed by atoms with Gasteiger partial charge in [-0.1, -0.05) is 50.5 Å². The first-order chi connectivity index (χ1) is 16.7. The minimum atomic E-state index is -4.38. The Hall–Kier alpha value is -2.96. The van der Waals surface area contributed by atoms with Gasteiger partial charge in [-0.05, 0) is 66.9 Å². The number of alkyl halides is 3. The summed E-state index contributed by atoms with van der Waals surface area (Å²) in [5.74, 6) is 1.00. The molecule has 2 aliphatic carbocycles. The monoisotopic (exact) mass is 481 g/mol. The lowest BCUT2D eigenvalue weighted by Gasteiger charge is -2.55. The van der Waals surface area contributed by atoms with E-state index in [-0.39, 0.29) is 23.2 Å². The molecule has 2 fully saturated rings. The van der Waals surface area contributed by atoms with Crippen molar-refractivity contribution in [2.75, 3.05) is 0 Å². The third-order valence-corrected chi connectivity index (χ3v) is 8.39. The number of benzene rings is 1. The second kappa shape index (κ2) is 8.92. The number of carbonyl (C=O) groups excluding carboxylic acids is 1. The lowest BCUT2D eigenvalue weighted by Crippen LogP contribution is -2.56. The smallest absolute Gasteiger partial charge is 0.273 e. The summed E-state index contributed by atoms with van der Waals surface area (Å²) in [6.07, 6.45) is 7.09. The second-order valence-corrected chi connectivity index (χ2v) is 10.4. The largest absolute Gasteiger partial charge is 0.416 e. The van der Waals surface area contributed by atoms with Gasteiger partial charge >= 0.3 is 6.18 Å². The first-order valence-electron chi connectivity index (χ1n) is 12.3. The van der Waals surface area contributed by atoms with Crippen LogP contribution in [0.5, 0.6) is 0 Å². The van der Waals surface area contributed by atoms with E-state index in [4.69, 9.17) is 0 Å². The van der Waals surface area contributed by atoms with Gasteiger partial charge in [-0.25, -0.2) is 5.43 Å². The minimum Gasteiger partial charge on any atom is -0.273 e. The lowest BCUT2D eigenvalue weighted by molar-refractivity contribution is -0.137. The van der Waals surface area contributed by atoms with Crippen LogP contribution in [0, 0.1) is 29.1 Å². The molecule has 1 aromatic carbocycles. The average Bonchev–Trinajstić information content (AvgIpc) is 2.85. The molecule has 0 bridgehead atoms. The van der Waals surface area contributed by atoms with Crippen molar-refractivity contribution in [1.82, 2.24) is 10.4 Å². The van der Waals surface area contributed by atoms with Gasteiger partial charge in [0.2, 0.25) is 5.91 Å². The maximum absolute atomic E-state index is 13.1. The Balaban J connectivity index is 1.44. The zero-order chi connectivity index (χ0) is 24.8. The van der Waals surface area contributed by atoms with Crippen LogP contribution in [0.25, 0.3) is 17.2 Å². The Morgan fingerprint density at radius 3 is 2.66 bits per heavy atom. The standard InChI is InChI=1S/C28H30F3N3O/c1-17-25-23(26(35)34-33-17)15-19-6-3-4-9-24(19)27(25,2)13-12-22-11-10-20(16-32-22)18-7-5-8-21(14-18)28(29,30)31/h5,7-8,10-14,16,19,23-25H,3-4,6,9,15H2,1-2H3,(H,34,35)/b13-12+/t19-,23+,24+,25-,27-/m0/s1. The second-order valence-electron chi connectivity index (χ2n) is 10.4. The third kappa shape index (κ3) is 4.41. The Bertz CT molecular complexity index is 1170. The summed E-state index contributed by atoms with van der Waals surface area (Å²) in [6, 6.07) is 8.93. The van der Waals surface area contributed by atoms with Gasteiger partial charge in [0.15, 0.2) is 0 Å². The van der Waals surface area contributed by atoms with E-state index in [1.165, 1.54) is 18.9 Å². The van der Waals surface area contributed by atoms with E-state index in [1.807, 2.05) is 19.1 Å². The molecule has 2 saturated carbocycles. The minimum absolute atomic E-state index is 0.0211. The van der Waals surface area contributed by atoms with Crippen molar-refractivity contribution in [3.05, 3.63) is 59.9 Å². The van der Waals surface area contributed by atoms with E-state index in [0.717, 1.165) is 42.8 Å². The molecule has 5 atom stereocenters. The van der Waals surface area contributed by atoms with Crippen molar-refractivity contribution in [3.63, 3.8) is 0 Å². The van der Waals surface area contributed by atoms with Crippen LogP contribution in [-0.2, 0) is 11.0 Å². The average molecular weight is 482 g/mol. The first kappa shape index (κ1) is 23.8. The predicted molar refractivity (Wildman–Crippen MR) is 130 cm³/mol. The van der Waals surface area contributed by atoms with E-state index in [9.17, 15) is 18.0 Å². The van der Waals surface area contributed by atoms with Crippen LogP contribution in [0.2, 0.25) is 0 Å². The number of nitrogens with zero attached hydrogens (tertiary/aromatic N) is 2. The lowest BCUT2D eigenvalue weighted by atomic mass is 9.49. The molecule has 1 amide bonds. The molecule has 7 heteroatoms. The number of fused-ring (bicyclic) bond motifs is 2. The molecule has 35 heavy (non-hydrogen) atoms. The number of hydrazone groups is 1. The number of hydrogen-bond donors (Lipinski definition) is 1. The zero-order valence-electron chi connectivity index (χ0n) is 20.0. The van der Waals surface area contributed by atoms with Crippen LogP contribution in [0.1, 0.15) is 57.2 Å². The van der Waals surface area contributed by atoms with Crippen molar-refractivity contribution in [2.45, 2.75) is 52.1 Å². The molecule has 1 aromatic heterocycles. The highest BCUT2D eigenvalue weighted by molar-refractivity contribution is 5.95. The maximum atomic E-state index is 13.1. The number of pyridine rings is 1. The number of amides is 1. The van der Waals surface area contributed by atoms with Gasteiger partial charge in [0.1, 0.15) is 0 Å². The van der Waals surface area contributed by atoms with E-state index >= 15 is 0 Å². The van der Waals surface area contributed by atoms with Gasteiger partial charge in [-0.3, -0.25) is 9.78 Å². The summed E-state index contributed by atoms with van der Waals surface area (Å²) < 4.78 is 39.3. The highest BCUT2D eigenvalue weighted by atomic mass is 19.4. The highest BCUT2D eigenvalue weighted by Crippen LogP contribution is 2.57. The van der Waals surface area contributed by atoms with Crippen molar-refractivity contribution >= 4 is 17.7 Å². The van der Waals surface area contributed by atoms with E-state index < -0.39 is 11.7 Å². The Labute approximate surface area is 203 Å². The SMILES string of the molecule is CC1=NNC(=O)[C@@H]2C[C@@H]3CCCC[C@H]3[C@](C)(/C=C/c3ccc(-c4cccc(C(F)(F)F)c4)cn3)[C@@H]12. The number of allylic oxidation sites excluding steroid dienone is 1. The van der Waals surface area contributed by atoms with Crippen LogP contribution < -0.4 is 5.43 Å². The molecule has 184 valence electrons. The number of rotatable bonds is 3. The molecule has 2 aromatic rings. The van der Waals surface area contributed by atoms with E-state index in [2.05, 4.69) is 28.5 Å². The van der Waals surface area contributed by atoms with Gasteiger partial charge < -0.3 is 0 Å².